The molecule has 0 radical (unpaired) electrons. The van der Waals surface area contributed by atoms with Gasteiger partial charge in [0.15, 0.2) is 6.19 Å². The van der Waals surface area contributed by atoms with E-state index >= 15 is 0 Å². The number of nitriles is 1. The van der Waals surface area contributed by atoms with Crippen LogP contribution in [-0.2, 0) is 13.1 Å². The number of rotatable bonds is 1. The lowest BCUT2D eigenvalue weighted by atomic mass is 9.98. The zero-order chi connectivity index (χ0) is 13.7. The van der Waals surface area contributed by atoms with Gasteiger partial charge in [0.2, 0.25) is 0 Å². The van der Waals surface area contributed by atoms with Gasteiger partial charge in [-0.2, -0.15) is 15.5 Å². The van der Waals surface area contributed by atoms with E-state index in [1.807, 2.05) is 12.3 Å². The van der Waals surface area contributed by atoms with Crippen molar-refractivity contribution in [3.05, 3.63) is 35.2 Å². The van der Waals surface area contributed by atoms with E-state index in [2.05, 4.69) is 39.6 Å². The molecule has 6 heteroatoms. The van der Waals surface area contributed by atoms with Crippen molar-refractivity contribution in [2.24, 2.45) is 0 Å². The first-order valence-electron chi connectivity index (χ1n) is 6.42. The summed E-state index contributed by atoms with van der Waals surface area (Å²) in [6, 6.07) is 4.09. The first-order valence-corrected chi connectivity index (χ1v) is 6.42. The molecule has 3 heterocycles. The van der Waals surface area contributed by atoms with Crippen molar-refractivity contribution < 1.29 is 0 Å². The van der Waals surface area contributed by atoms with Gasteiger partial charge in [-0.15, -0.1) is 0 Å². The zero-order valence-electron chi connectivity index (χ0n) is 10.9. The largest absolute Gasteiger partial charge is 0.300 e. The summed E-state index contributed by atoms with van der Waals surface area (Å²) in [6.07, 6.45) is 4.02. The molecule has 0 saturated carbocycles. The van der Waals surface area contributed by atoms with Crippen molar-refractivity contribution in [2.45, 2.75) is 20.0 Å². The van der Waals surface area contributed by atoms with E-state index < -0.39 is 0 Å². The first-order chi connectivity index (χ1) is 9.78. The quantitative estimate of drug-likeness (QED) is 0.659. The minimum Gasteiger partial charge on any atom is -0.300 e. The highest BCUT2D eigenvalue weighted by atomic mass is 15.2. The van der Waals surface area contributed by atoms with E-state index in [0.29, 0.717) is 13.1 Å². The van der Waals surface area contributed by atoms with Crippen molar-refractivity contribution >= 4 is 10.9 Å². The Labute approximate surface area is 115 Å². The molecule has 20 heavy (non-hydrogen) atoms. The Morgan fingerprint density at radius 3 is 3.05 bits per heavy atom. The number of aromatic amines is 2. The van der Waals surface area contributed by atoms with Crippen LogP contribution in [0.5, 0.6) is 0 Å². The number of H-pyrrole nitrogens is 2. The van der Waals surface area contributed by atoms with Crippen molar-refractivity contribution in [1.29, 1.82) is 5.26 Å². The summed E-state index contributed by atoms with van der Waals surface area (Å²) in [5, 5.41) is 24.7. The lowest BCUT2D eigenvalue weighted by Crippen LogP contribution is -2.08. The van der Waals surface area contributed by atoms with Crippen LogP contribution in [-0.4, -0.2) is 25.3 Å². The molecular weight excluding hydrogens is 252 g/mol. The fourth-order valence-electron chi connectivity index (χ4n) is 2.86. The average molecular weight is 264 g/mol. The fourth-order valence-corrected chi connectivity index (χ4v) is 2.86. The minimum atomic E-state index is 0.610. The zero-order valence-corrected chi connectivity index (χ0v) is 10.9. The monoisotopic (exact) mass is 264 g/mol. The molecule has 1 aliphatic rings. The van der Waals surface area contributed by atoms with Gasteiger partial charge in [0.1, 0.15) is 0 Å². The second-order valence-electron chi connectivity index (χ2n) is 5.07. The predicted molar refractivity (Wildman–Crippen MR) is 73.3 cm³/mol. The third-order valence-corrected chi connectivity index (χ3v) is 3.86. The van der Waals surface area contributed by atoms with E-state index in [1.54, 1.807) is 4.90 Å². The van der Waals surface area contributed by atoms with Crippen LogP contribution in [0.2, 0.25) is 0 Å². The van der Waals surface area contributed by atoms with E-state index in [-0.39, 0.29) is 0 Å². The average Bonchev–Trinajstić information content (AvgIpc) is 3.12. The van der Waals surface area contributed by atoms with Gasteiger partial charge in [-0.1, -0.05) is 6.07 Å². The molecule has 0 bridgehead atoms. The van der Waals surface area contributed by atoms with Gasteiger partial charge in [0, 0.05) is 16.5 Å². The molecule has 0 aliphatic carbocycles. The van der Waals surface area contributed by atoms with Crippen LogP contribution in [0, 0.1) is 18.4 Å². The van der Waals surface area contributed by atoms with E-state index in [1.165, 1.54) is 0 Å². The molecule has 0 fully saturated rings. The van der Waals surface area contributed by atoms with Crippen molar-refractivity contribution in [1.82, 2.24) is 25.3 Å². The van der Waals surface area contributed by atoms with Gasteiger partial charge < -0.3 is 4.90 Å². The maximum atomic E-state index is 9.04. The predicted octanol–water partition coefficient (Wildman–Crippen LogP) is 2.06. The molecular formula is C14H12N6. The van der Waals surface area contributed by atoms with Gasteiger partial charge in [0.25, 0.3) is 0 Å². The summed E-state index contributed by atoms with van der Waals surface area (Å²) in [4.78, 5) is 1.72. The molecule has 0 atom stereocenters. The molecule has 98 valence electrons. The first kappa shape index (κ1) is 11.1. The summed E-state index contributed by atoms with van der Waals surface area (Å²) >= 11 is 0. The Bertz CT molecular complexity index is 850. The summed E-state index contributed by atoms with van der Waals surface area (Å²) in [5.41, 5.74) is 6.32. The molecule has 6 nitrogen and oxygen atoms in total. The van der Waals surface area contributed by atoms with E-state index in [4.69, 9.17) is 5.26 Å². The summed E-state index contributed by atoms with van der Waals surface area (Å²) in [5.74, 6) is 0. The lowest BCUT2D eigenvalue weighted by molar-refractivity contribution is 0.412. The van der Waals surface area contributed by atoms with Crippen molar-refractivity contribution in [3.63, 3.8) is 0 Å². The highest BCUT2D eigenvalue weighted by molar-refractivity contribution is 5.96. The number of benzene rings is 1. The number of aryl methyl sites for hydroxylation is 1. The van der Waals surface area contributed by atoms with Crippen LogP contribution in [0.3, 0.4) is 0 Å². The van der Waals surface area contributed by atoms with Gasteiger partial charge in [0.05, 0.1) is 36.2 Å². The van der Waals surface area contributed by atoms with Crippen LogP contribution < -0.4 is 0 Å². The molecule has 0 saturated heterocycles. The van der Waals surface area contributed by atoms with Crippen LogP contribution >= 0.6 is 0 Å². The SMILES string of the molecule is Cc1ccc2[nH]ncc2c1-c1n[nH]c2c1CN(C#N)C2. The van der Waals surface area contributed by atoms with Gasteiger partial charge >= 0.3 is 0 Å². The smallest absolute Gasteiger partial charge is 0.180 e. The van der Waals surface area contributed by atoms with Crippen LogP contribution in [0.1, 0.15) is 16.8 Å². The fraction of sp³-hybridized carbons (Fsp3) is 0.214. The number of hydrogen-bond acceptors (Lipinski definition) is 4. The number of fused-ring (bicyclic) bond motifs is 2. The summed E-state index contributed by atoms with van der Waals surface area (Å²) < 4.78 is 0. The number of hydrogen-bond donors (Lipinski definition) is 2. The second kappa shape index (κ2) is 3.84. The molecule has 2 N–H and O–H groups in total. The molecule has 4 rings (SSSR count). The molecule has 3 aromatic rings. The minimum absolute atomic E-state index is 0.610. The van der Waals surface area contributed by atoms with Gasteiger partial charge in [-0.05, 0) is 18.6 Å². The topological polar surface area (TPSA) is 84.4 Å². The highest BCUT2D eigenvalue weighted by Crippen LogP contribution is 2.35. The Kier molecular flexibility index (Phi) is 2.12. The Morgan fingerprint density at radius 2 is 2.20 bits per heavy atom. The summed E-state index contributed by atoms with van der Waals surface area (Å²) in [7, 11) is 0. The van der Waals surface area contributed by atoms with Crippen LogP contribution in [0.25, 0.3) is 22.2 Å². The molecule has 1 aliphatic heterocycles. The third-order valence-electron chi connectivity index (χ3n) is 3.86. The van der Waals surface area contributed by atoms with E-state index in [9.17, 15) is 0 Å². The second-order valence-corrected chi connectivity index (χ2v) is 5.07. The Balaban J connectivity index is 1.96. The Morgan fingerprint density at radius 1 is 1.30 bits per heavy atom. The highest BCUT2D eigenvalue weighted by Gasteiger charge is 2.26. The van der Waals surface area contributed by atoms with E-state index in [0.717, 1.165) is 39.0 Å². The Hall–Kier alpha value is -2.81. The number of nitrogens with zero attached hydrogens (tertiary/aromatic N) is 4. The maximum Gasteiger partial charge on any atom is 0.180 e. The third kappa shape index (κ3) is 1.37. The maximum absolute atomic E-state index is 9.04. The van der Waals surface area contributed by atoms with Gasteiger partial charge in [-0.25, -0.2) is 0 Å². The molecule has 1 aromatic carbocycles. The molecule has 0 spiro atoms. The van der Waals surface area contributed by atoms with Crippen molar-refractivity contribution in [3.8, 4) is 17.5 Å². The summed E-state index contributed by atoms with van der Waals surface area (Å²) in [6.45, 7) is 3.30. The number of aromatic nitrogens is 4. The number of nitrogens with one attached hydrogen (secondary N) is 2. The van der Waals surface area contributed by atoms with Crippen LogP contribution in [0.15, 0.2) is 18.3 Å². The molecule has 0 amide bonds. The van der Waals surface area contributed by atoms with Crippen molar-refractivity contribution in [2.75, 3.05) is 0 Å². The standard InChI is InChI=1S/C14H12N6/c1-8-2-3-11-9(4-16-17-11)13(8)14-10-5-20(7-15)6-12(10)18-19-14/h2-4H,5-6H2,1H3,(H,16,17)(H,18,19). The normalized spacial score (nSPS) is 13.7. The van der Waals surface area contributed by atoms with Gasteiger partial charge in [-0.3, -0.25) is 10.2 Å². The molecule has 0 unspecified atom stereocenters. The molecule has 2 aromatic heterocycles. The van der Waals surface area contributed by atoms with Crippen LogP contribution in [0.4, 0.5) is 0 Å². The lowest BCUT2D eigenvalue weighted by Gasteiger charge is -2.08.